The SMILES string of the molecule is c1ccc(-c2cccc3c2sc2c(N(c4ccc(-c5cccc6oc7ccccc7c56)cc4)c4cccc5sc6ccccc6c45)cccc23)cc1. The van der Waals surface area contributed by atoms with E-state index < -0.39 is 0 Å². The standard InChI is InChI=1S/C48H29NOS2/c1-2-12-30(13-3-1)34-17-8-18-35-36-19-9-21-40(48(36)52-47(34)35)49(39-20-11-25-44-46(39)38-15-5-7-24-43(38)51-44)32-28-26-31(27-29-32)33-16-10-23-42-45(33)37-14-4-6-22-41(37)50-42/h1-29H. The van der Waals surface area contributed by atoms with Crippen LogP contribution >= 0.6 is 22.7 Å². The highest BCUT2D eigenvalue weighted by molar-refractivity contribution is 7.27. The molecule has 52 heavy (non-hydrogen) atoms. The predicted octanol–water partition coefficient (Wildman–Crippen LogP) is 15.1. The van der Waals surface area contributed by atoms with Gasteiger partial charge in [0.1, 0.15) is 11.2 Å². The van der Waals surface area contributed by atoms with Gasteiger partial charge in [-0.1, -0.05) is 127 Å². The second-order valence-corrected chi connectivity index (χ2v) is 15.3. The molecule has 0 N–H and O–H groups in total. The fourth-order valence-electron chi connectivity index (χ4n) is 7.98. The molecule has 2 nitrogen and oxygen atoms in total. The number of furan rings is 1. The summed E-state index contributed by atoms with van der Waals surface area (Å²) in [6, 6.07) is 63.6. The van der Waals surface area contributed by atoms with Crippen molar-refractivity contribution in [1.82, 2.24) is 0 Å². The summed E-state index contributed by atoms with van der Waals surface area (Å²) in [5.41, 5.74) is 10.1. The van der Waals surface area contributed by atoms with E-state index in [4.69, 9.17) is 4.42 Å². The van der Waals surface area contributed by atoms with E-state index in [0.717, 1.165) is 33.2 Å². The molecule has 0 saturated heterocycles. The third-order valence-corrected chi connectivity index (χ3v) is 12.7. The van der Waals surface area contributed by atoms with Crippen LogP contribution in [0.5, 0.6) is 0 Å². The molecule has 0 aliphatic carbocycles. The molecule has 0 aliphatic heterocycles. The first-order chi connectivity index (χ1) is 25.8. The first-order valence-electron chi connectivity index (χ1n) is 17.5. The lowest BCUT2D eigenvalue weighted by Gasteiger charge is -2.27. The van der Waals surface area contributed by atoms with E-state index in [1.807, 2.05) is 34.8 Å². The van der Waals surface area contributed by atoms with Crippen LogP contribution in [-0.4, -0.2) is 0 Å². The number of benzene rings is 8. The van der Waals surface area contributed by atoms with Gasteiger partial charge in [-0.3, -0.25) is 0 Å². The Kier molecular flexibility index (Phi) is 6.63. The zero-order valence-electron chi connectivity index (χ0n) is 27.9. The van der Waals surface area contributed by atoms with Gasteiger partial charge in [-0.2, -0.15) is 0 Å². The minimum absolute atomic E-state index is 0.909. The van der Waals surface area contributed by atoms with Crippen molar-refractivity contribution in [3.05, 3.63) is 176 Å². The van der Waals surface area contributed by atoms with Gasteiger partial charge in [0, 0.05) is 52.1 Å². The molecule has 0 radical (unpaired) electrons. The lowest BCUT2D eigenvalue weighted by molar-refractivity contribution is 0.669. The van der Waals surface area contributed by atoms with Gasteiger partial charge in [0.2, 0.25) is 0 Å². The maximum absolute atomic E-state index is 6.26. The van der Waals surface area contributed by atoms with Gasteiger partial charge in [0.15, 0.2) is 0 Å². The van der Waals surface area contributed by atoms with E-state index in [-0.39, 0.29) is 0 Å². The van der Waals surface area contributed by atoms with Crippen LogP contribution in [0.2, 0.25) is 0 Å². The Hall–Kier alpha value is -6.20. The van der Waals surface area contributed by atoms with E-state index in [9.17, 15) is 0 Å². The Labute approximate surface area is 308 Å². The van der Waals surface area contributed by atoms with E-state index >= 15 is 0 Å². The second-order valence-electron chi connectivity index (χ2n) is 13.2. The summed E-state index contributed by atoms with van der Waals surface area (Å²) >= 11 is 3.75. The van der Waals surface area contributed by atoms with Crippen molar-refractivity contribution < 1.29 is 4.42 Å². The molecule has 8 aromatic carbocycles. The van der Waals surface area contributed by atoms with Crippen LogP contribution < -0.4 is 4.90 Å². The third kappa shape index (κ3) is 4.48. The minimum Gasteiger partial charge on any atom is -0.456 e. The number of hydrogen-bond donors (Lipinski definition) is 0. The summed E-state index contributed by atoms with van der Waals surface area (Å²) in [5, 5.41) is 7.43. The van der Waals surface area contributed by atoms with Crippen LogP contribution in [0.4, 0.5) is 17.1 Å². The zero-order valence-corrected chi connectivity index (χ0v) is 29.5. The molecule has 0 bridgehead atoms. The van der Waals surface area contributed by atoms with Gasteiger partial charge < -0.3 is 9.32 Å². The number of fused-ring (bicyclic) bond motifs is 9. The molecule has 0 fully saturated rings. The number of para-hydroxylation sites is 1. The maximum atomic E-state index is 6.26. The van der Waals surface area contributed by atoms with E-state index in [2.05, 4.69) is 169 Å². The fraction of sp³-hybridized carbons (Fsp3) is 0. The van der Waals surface area contributed by atoms with Gasteiger partial charge in [0.05, 0.1) is 16.1 Å². The van der Waals surface area contributed by atoms with Crippen molar-refractivity contribution >= 4 is 102 Å². The Balaban J connectivity index is 1.16. The number of hydrogen-bond acceptors (Lipinski definition) is 4. The van der Waals surface area contributed by atoms with Crippen LogP contribution in [0.1, 0.15) is 0 Å². The maximum Gasteiger partial charge on any atom is 0.136 e. The summed E-state index contributed by atoms with van der Waals surface area (Å²) in [6.07, 6.45) is 0. The summed E-state index contributed by atoms with van der Waals surface area (Å²) in [6.45, 7) is 0. The molecule has 4 heteroatoms. The van der Waals surface area contributed by atoms with Crippen LogP contribution in [0.25, 0.3) is 84.5 Å². The van der Waals surface area contributed by atoms with Crippen molar-refractivity contribution in [3.8, 4) is 22.3 Å². The number of rotatable bonds is 5. The van der Waals surface area contributed by atoms with Crippen LogP contribution in [0, 0.1) is 0 Å². The smallest absolute Gasteiger partial charge is 0.136 e. The monoisotopic (exact) mass is 699 g/mol. The van der Waals surface area contributed by atoms with Crippen LogP contribution in [0.15, 0.2) is 180 Å². The largest absolute Gasteiger partial charge is 0.456 e. The average Bonchev–Trinajstić information content (AvgIpc) is 3.91. The lowest BCUT2D eigenvalue weighted by Crippen LogP contribution is -2.10. The van der Waals surface area contributed by atoms with Crippen molar-refractivity contribution in [1.29, 1.82) is 0 Å². The molecule has 3 aromatic heterocycles. The first-order valence-corrected chi connectivity index (χ1v) is 19.1. The van der Waals surface area contributed by atoms with Crippen molar-refractivity contribution in [3.63, 3.8) is 0 Å². The van der Waals surface area contributed by atoms with Crippen molar-refractivity contribution in [2.75, 3.05) is 4.90 Å². The lowest BCUT2D eigenvalue weighted by atomic mass is 9.99. The molecule has 0 amide bonds. The summed E-state index contributed by atoms with van der Waals surface area (Å²) in [7, 11) is 0. The Morgan fingerprint density at radius 1 is 0.365 bits per heavy atom. The van der Waals surface area contributed by atoms with E-state index in [0.29, 0.717) is 0 Å². The first kappa shape index (κ1) is 29.5. The molecule has 0 spiro atoms. The zero-order chi connectivity index (χ0) is 34.2. The molecule has 3 heterocycles. The van der Waals surface area contributed by atoms with E-state index in [1.54, 1.807) is 0 Å². The molecule has 0 unspecified atom stereocenters. The average molecular weight is 700 g/mol. The topological polar surface area (TPSA) is 16.4 Å². The Morgan fingerprint density at radius 2 is 0.981 bits per heavy atom. The summed E-state index contributed by atoms with van der Waals surface area (Å²) in [4.78, 5) is 2.49. The third-order valence-electron chi connectivity index (χ3n) is 10.3. The van der Waals surface area contributed by atoms with Gasteiger partial charge in [-0.05, 0) is 70.8 Å². The van der Waals surface area contributed by atoms with Crippen molar-refractivity contribution in [2.45, 2.75) is 0 Å². The number of thiophene rings is 2. The Morgan fingerprint density at radius 3 is 1.87 bits per heavy atom. The highest BCUT2D eigenvalue weighted by atomic mass is 32.1. The van der Waals surface area contributed by atoms with Gasteiger partial charge in [-0.15, -0.1) is 22.7 Å². The molecule has 0 aliphatic rings. The van der Waals surface area contributed by atoms with Gasteiger partial charge >= 0.3 is 0 Å². The quantitative estimate of drug-likeness (QED) is 0.178. The van der Waals surface area contributed by atoms with Crippen LogP contribution in [0.3, 0.4) is 0 Å². The van der Waals surface area contributed by atoms with Crippen LogP contribution in [-0.2, 0) is 0 Å². The number of nitrogens with zero attached hydrogens (tertiary/aromatic N) is 1. The molecular weight excluding hydrogens is 671 g/mol. The summed E-state index contributed by atoms with van der Waals surface area (Å²) < 4.78 is 11.4. The molecule has 0 saturated carbocycles. The highest BCUT2D eigenvalue weighted by Crippen LogP contribution is 2.50. The molecule has 0 atom stereocenters. The Bertz CT molecular complexity index is 3130. The molecule has 11 aromatic rings. The van der Waals surface area contributed by atoms with Gasteiger partial charge in [0.25, 0.3) is 0 Å². The van der Waals surface area contributed by atoms with Gasteiger partial charge in [-0.25, -0.2) is 0 Å². The molecule has 244 valence electrons. The minimum atomic E-state index is 0.909. The normalized spacial score (nSPS) is 11.8. The predicted molar refractivity (Wildman–Crippen MR) is 225 cm³/mol. The molecule has 11 rings (SSSR count). The highest BCUT2D eigenvalue weighted by Gasteiger charge is 2.23. The molecular formula is C48H29NOS2. The van der Waals surface area contributed by atoms with Crippen molar-refractivity contribution in [2.24, 2.45) is 0 Å². The van der Waals surface area contributed by atoms with E-state index in [1.165, 1.54) is 68.4 Å². The number of anilines is 3. The summed E-state index contributed by atoms with van der Waals surface area (Å²) in [5.74, 6) is 0. The second kappa shape index (κ2) is 11.7. The fourth-order valence-corrected chi connectivity index (χ4v) is 10.4.